The van der Waals surface area contributed by atoms with E-state index in [0.29, 0.717) is 0 Å². The van der Waals surface area contributed by atoms with Crippen LogP contribution in [-0.2, 0) is 18.4 Å². The lowest BCUT2D eigenvalue weighted by atomic mass is 9.99. The summed E-state index contributed by atoms with van der Waals surface area (Å²) >= 11 is 3.10. The zero-order valence-corrected chi connectivity index (χ0v) is 13.6. The molecule has 5 heteroatoms. The van der Waals surface area contributed by atoms with Gasteiger partial charge in [0.05, 0.1) is 11.4 Å². The number of carbonyl (C=O) groups excluding carboxylic acids is 1. The zero-order chi connectivity index (χ0) is 14.9. The fraction of sp³-hybridized carbons (Fsp3) is 0.438. The minimum Gasteiger partial charge on any atom is -0.383 e. The summed E-state index contributed by atoms with van der Waals surface area (Å²) in [5, 5.41) is 15.2. The van der Waals surface area contributed by atoms with Gasteiger partial charge in [-0.1, -0.05) is 6.07 Å². The van der Waals surface area contributed by atoms with Gasteiger partial charge in [0.25, 0.3) is 5.91 Å². The molecule has 0 spiro atoms. The molecule has 2 aromatic heterocycles. The Morgan fingerprint density at radius 3 is 2.95 bits per heavy atom. The lowest BCUT2D eigenvalue weighted by molar-refractivity contribution is 0.0558. The monoisotopic (exact) mass is 321 g/mol. The van der Waals surface area contributed by atoms with Gasteiger partial charge in [-0.15, -0.1) is 22.7 Å². The van der Waals surface area contributed by atoms with Crippen LogP contribution in [0.5, 0.6) is 0 Å². The van der Waals surface area contributed by atoms with Gasteiger partial charge in [0.15, 0.2) is 0 Å². The second-order valence-electron chi connectivity index (χ2n) is 5.70. The van der Waals surface area contributed by atoms with Crippen molar-refractivity contribution in [2.45, 2.75) is 38.2 Å². The molecular formula is C16H19NO2S2. The van der Waals surface area contributed by atoms with Crippen molar-refractivity contribution in [3.63, 3.8) is 0 Å². The van der Waals surface area contributed by atoms with E-state index in [0.717, 1.165) is 22.6 Å². The molecule has 0 radical (unpaired) electrons. The van der Waals surface area contributed by atoms with E-state index in [1.807, 2.05) is 23.6 Å². The maximum atomic E-state index is 12.3. The van der Waals surface area contributed by atoms with Gasteiger partial charge < -0.3 is 10.4 Å². The summed E-state index contributed by atoms with van der Waals surface area (Å²) in [5.41, 5.74) is 0.321. The van der Waals surface area contributed by atoms with Crippen molar-refractivity contribution in [1.82, 2.24) is 5.32 Å². The standard InChI is InChI=1S/C16H19NO2S2/c1-16(19,14-7-4-8-20-14)10-17-15(18)13-9-11-5-2-3-6-12(11)21-13/h4,7-9,19H,2-3,5-6,10H2,1H3,(H,17,18). The largest absolute Gasteiger partial charge is 0.383 e. The first kappa shape index (κ1) is 14.8. The molecule has 0 fully saturated rings. The van der Waals surface area contributed by atoms with Crippen LogP contribution >= 0.6 is 22.7 Å². The summed E-state index contributed by atoms with van der Waals surface area (Å²) in [6.07, 6.45) is 4.63. The number of thiophene rings is 2. The van der Waals surface area contributed by atoms with Crippen LogP contribution in [0.4, 0.5) is 0 Å². The molecule has 1 unspecified atom stereocenters. The average Bonchev–Trinajstić information content (AvgIpc) is 3.13. The number of aliphatic hydroxyl groups is 1. The van der Waals surface area contributed by atoms with Crippen molar-refractivity contribution in [3.8, 4) is 0 Å². The van der Waals surface area contributed by atoms with Crippen LogP contribution in [0.25, 0.3) is 0 Å². The third-order valence-electron chi connectivity index (χ3n) is 3.87. The van der Waals surface area contributed by atoms with E-state index in [2.05, 4.69) is 5.32 Å². The van der Waals surface area contributed by atoms with Crippen molar-refractivity contribution < 1.29 is 9.90 Å². The maximum Gasteiger partial charge on any atom is 0.261 e. The highest BCUT2D eigenvalue weighted by Crippen LogP contribution is 2.30. The van der Waals surface area contributed by atoms with Crippen LogP contribution in [0.1, 0.15) is 44.8 Å². The zero-order valence-electron chi connectivity index (χ0n) is 12.0. The van der Waals surface area contributed by atoms with Gasteiger partial charge in [-0.2, -0.15) is 0 Å². The van der Waals surface area contributed by atoms with Crippen LogP contribution < -0.4 is 5.32 Å². The summed E-state index contributed by atoms with van der Waals surface area (Å²) < 4.78 is 0. The van der Waals surface area contributed by atoms with Crippen molar-refractivity contribution in [2.24, 2.45) is 0 Å². The molecule has 21 heavy (non-hydrogen) atoms. The number of rotatable bonds is 4. The van der Waals surface area contributed by atoms with Crippen LogP contribution in [0, 0.1) is 0 Å². The molecule has 1 aliphatic rings. The van der Waals surface area contributed by atoms with Crippen molar-refractivity contribution >= 4 is 28.6 Å². The number of carbonyl (C=O) groups is 1. The first-order chi connectivity index (χ1) is 10.1. The number of amides is 1. The Morgan fingerprint density at radius 2 is 2.24 bits per heavy atom. The molecular weight excluding hydrogens is 302 g/mol. The van der Waals surface area contributed by atoms with E-state index < -0.39 is 5.60 Å². The quantitative estimate of drug-likeness (QED) is 0.907. The highest BCUT2D eigenvalue weighted by Gasteiger charge is 2.26. The van der Waals surface area contributed by atoms with Crippen LogP contribution in [0.3, 0.4) is 0 Å². The van der Waals surface area contributed by atoms with Crippen LogP contribution in [0.15, 0.2) is 23.6 Å². The Labute approximate surface area is 132 Å². The second-order valence-corrected chi connectivity index (χ2v) is 7.78. The number of nitrogens with one attached hydrogen (secondary N) is 1. The van der Waals surface area contributed by atoms with Gasteiger partial charge in [0.1, 0.15) is 5.60 Å². The first-order valence-electron chi connectivity index (χ1n) is 7.22. The predicted molar refractivity (Wildman–Crippen MR) is 87.2 cm³/mol. The molecule has 3 nitrogen and oxygen atoms in total. The summed E-state index contributed by atoms with van der Waals surface area (Å²) in [6, 6.07) is 5.82. The molecule has 2 N–H and O–H groups in total. The fourth-order valence-corrected chi connectivity index (χ4v) is 4.57. The lowest BCUT2D eigenvalue weighted by Crippen LogP contribution is -2.37. The third kappa shape index (κ3) is 3.20. The smallest absolute Gasteiger partial charge is 0.261 e. The van der Waals surface area contributed by atoms with Gasteiger partial charge in [0, 0.05) is 9.75 Å². The van der Waals surface area contributed by atoms with Crippen molar-refractivity contribution in [1.29, 1.82) is 0 Å². The topological polar surface area (TPSA) is 49.3 Å². The highest BCUT2D eigenvalue weighted by atomic mass is 32.1. The molecule has 1 atom stereocenters. The van der Waals surface area contributed by atoms with E-state index in [4.69, 9.17) is 0 Å². The van der Waals surface area contributed by atoms with Crippen molar-refractivity contribution in [2.75, 3.05) is 6.54 Å². The molecule has 0 saturated carbocycles. The highest BCUT2D eigenvalue weighted by molar-refractivity contribution is 7.14. The number of hydrogen-bond donors (Lipinski definition) is 2. The third-order valence-corrected chi connectivity index (χ3v) is 6.22. The predicted octanol–water partition coefficient (Wildman–Crippen LogP) is 3.33. The Morgan fingerprint density at radius 1 is 1.43 bits per heavy atom. The normalized spacial score (nSPS) is 17.0. The Kier molecular flexibility index (Phi) is 4.15. The van der Waals surface area contributed by atoms with E-state index in [-0.39, 0.29) is 12.5 Å². The van der Waals surface area contributed by atoms with Gasteiger partial charge >= 0.3 is 0 Å². The minimum absolute atomic E-state index is 0.0776. The van der Waals surface area contributed by atoms with E-state index in [9.17, 15) is 9.90 Å². The van der Waals surface area contributed by atoms with Gasteiger partial charge in [-0.05, 0) is 55.7 Å². The molecule has 2 heterocycles. The van der Waals surface area contributed by atoms with E-state index in [1.54, 1.807) is 18.3 Å². The lowest BCUT2D eigenvalue weighted by Gasteiger charge is -2.22. The second kappa shape index (κ2) is 5.91. The number of fused-ring (bicyclic) bond motifs is 1. The summed E-state index contributed by atoms with van der Waals surface area (Å²) in [5.74, 6) is -0.0776. The molecule has 0 bridgehead atoms. The fourth-order valence-electron chi connectivity index (χ4n) is 2.61. The van der Waals surface area contributed by atoms with Gasteiger partial charge in [0.2, 0.25) is 0 Å². The Balaban J connectivity index is 1.65. The SMILES string of the molecule is CC(O)(CNC(=O)c1cc2c(s1)CCCC2)c1cccs1. The van der Waals surface area contributed by atoms with E-state index in [1.165, 1.54) is 34.6 Å². The molecule has 3 rings (SSSR count). The molecule has 0 aliphatic heterocycles. The molecule has 1 amide bonds. The molecule has 0 aromatic carbocycles. The molecule has 1 aliphatic carbocycles. The molecule has 112 valence electrons. The van der Waals surface area contributed by atoms with Crippen LogP contribution in [-0.4, -0.2) is 17.6 Å². The summed E-state index contributed by atoms with van der Waals surface area (Å²) in [4.78, 5) is 15.3. The first-order valence-corrected chi connectivity index (χ1v) is 8.92. The summed E-state index contributed by atoms with van der Waals surface area (Å²) in [6.45, 7) is 1.97. The van der Waals surface area contributed by atoms with Crippen molar-refractivity contribution in [3.05, 3.63) is 43.8 Å². The molecule has 0 saturated heterocycles. The average molecular weight is 321 g/mol. The Hall–Kier alpha value is -1.17. The summed E-state index contributed by atoms with van der Waals surface area (Å²) in [7, 11) is 0. The van der Waals surface area contributed by atoms with Gasteiger partial charge in [-0.25, -0.2) is 0 Å². The van der Waals surface area contributed by atoms with Gasteiger partial charge in [-0.3, -0.25) is 4.79 Å². The Bertz CT molecular complexity index is 605. The number of aryl methyl sites for hydroxylation is 2. The minimum atomic E-state index is -1.01. The molecule has 2 aromatic rings. The van der Waals surface area contributed by atoms with E-state index >= 15 is 0 Å². The van der Waals surface area contributed by atoms with Crippen LogP contribution in [0.2, 0.25) is 0 Å². The maximum absolute atomic E-state index is 12.3. The number of hydrogen-bond acceptors (Lipinski definition) is 4.